The molecule has 0 spiro atoms. The van der Waals surface area contributed by atoms with Gasteiger partial charge in [0.2, 0.25) is 0 Å². The van der Waals surface area contributed by atoms with Crippen molar-refractivity contribution in [3.8, 4) is 39.1 Å². The summed E-state index contributed by atoms with van der Waals surface area (Å²) < 4.78 is 23.4. The first-order chi connectivity index (χ1) is 30.7. The van der Waals surface area contributed by atoms with Gasteiger partial charge in [-0.3, -0.25) is 0 Å². The van der Waals surface area contributed by atoms with Crippen LogP contribution >= 0.6 is 0 Å². The van der Waals surface area contributed by atoms with Gasteiger partial charge in [0.05, 0.1) is 11.0 Å². The van der Waals surface area contributed by atoms with E-state index in [0.29, 0.717) is 0 Å². The van der Waals surface area contributed by atoms with Gasteiger partial charge in [-0.05, 0) is 117 Å². The van der Waals surface area contributed by atoms with Crippen LogP contribution in [0.25, 0.3) is 93.6 Å². The number of aromatic nitrogens is 1. The average molecular weight is 797 g/mol. The fourth-order valence-corrected chi connectivity index (χ4v) is 9.50. The van der Waals surface area contributed by atoms with Crippen molar-refractivity contribution >= 4 is 71.6 Å². The molecule has 3 nitrogen and oxygen atoms in total. The van der Waals surface area contributed by atoms with Crippen LogP contribution in [-0.2, 0) is 0 Å². The lowest BCUT2D eigenvalue weighted by Gasteiger charge is -2.27. The molecule has 0 saturated heterocycles. The molecule has 0 radical (unpaired) electrons. The number of nitrogens with zero attached hydrogens (tertiary/aromatic N) is 2. The van der Waals surface area contributed by atoms with Crippen LogP contribution in [0.4, 0.5) is 21.5 Å². The van der Waals surface area contributed by atoms with E-state index in [1.54, 1.807) is 12.1 Å². The van der Waals surface area contributed by atoms with Crippen molar-refractivity contribution in [2.24, 2.45) is 0 Å². The Labute approximate surface area is 357 Å². The predicted octanol–water partition coefficient (Wildman–Crippen LogP) is 16.4. The van der Waals surface area contributed by atoms with Crippen LogP contribution in [0.2, 0.25) is 0 Å². The van der Waals surface area contributed by atoms with Crippen LogP contribution in [0.3, 0.4) is 0 Å². The second kappa shape index (κ2) is 14.5. The van der Waals surface area contributed by atoms with Gasteiger partial charge in [-0.2, -0.15) is 0 Å². The molecule has 12 aromatic rings. The lowest BCUT2D eigenvalue weighted by Crippen LogP contribution is -2.10. The largest absolute Gasteiger partial charge is 0.456 e. The van der Waals surface area contributed by atoms with Gasteiger partial charge < -0.3 is 13.9 Å². The number of hydrogen-bond acceptors (Lipinski definition) is 2. The maximum atomic E-state index is 14.7. The van der Waals surface area contributed by atoms with Crippen molar-refractivity contribution in [1.82, 2.24) is 4.57 Å². The zero-order valence-electron chi connectivity index (χ0n) is 33.5. The second-order valence-electron chi connectivity index (χ2n) is 15.8. The van der Waals surface area contributed by atoms with Gasteiger partial charge in [0, 0.05) is 49.9 Å². The fraction of sp³-hybridized carbons (Fsp3) is 0. The topological polar surface area (TPSA) is 21.3 Å². The minimum Gasteiger partial charge on any atom is -0.456 e. The Bertz CT molecular complexity index is 3670. The van der Waals surface area contributed by atoms with Crippen molar-refractivity contribution < 1.29 is 8.81 Å². The number of benzene rings is 10. The molecule has 2 aromatic heterocycles. The van der Waals surface area contributed by atoms with E-state index in [4.69, 9.17) is 4.42 Å². The standard InChI is InChI=1S/C58H37FN2O/c59-42-19-8-16-39(34-42)47-26-11-14-38-15-12-27-48(57(38)47)40-17-9-22-44(35-40)60(46-32-33-56-53(37-46)51-25-5-7-31-55(51)62-56)45-23-10-18-41(36-45)49-28-13-29-52-50-24-4-6-30-54(50)61(58(49)52)43-20-2-1-3-21-43/h1-37H. The highest BCUT2D eigenvalue weighted by Gasteiger charge is 2.21. The molecule has 2 heterocycles. The summed E-state index contributed by atoms with van der Waals surface area (Å²) in [7, 11) is 0. The molecule has 4 heteroatoms. The Balaban J connectivity index is 1.07. The number of rotatable bonds is 7. The molecule has 0 N–H and O–H groups in total. The monoisotopic (exact) mass is 796 g/mol. The zero-order valence-corrected chi connectivity index (χ0v) is 33.5. The Morgan fingerprint density at radius 2 is 0.952 bits per heavy atom. The van der Waals surface area contributed by atoms with Crippen molar-refractivity contribution in [2.45, 2.75) is 0 Å². The van der Waals surface area contributed by atoms with Gasteiger partial charge in [0.25, 0.3) is 0 Å². The van der Waals surface area contributed by atoms with Gasteiger partial charge in [-0.15, -0.1) is 0 Å². The summed E-state index contributed by atoms with van der Waals surface area (Å²) in [4.78, 5) is 2.35. The van der Waals surface area contributed by atoms with E-state index >= 15 is 0 Å². The van der Waals surface area contributed by atoms with Gasteiger partial charge in [-0.25, -0.2) is 4.39 Å². The van der Waals surface area contributed by atoms with Crippen molar-refractivity contribution in [3.05, 3.63) is 230 Å². The minimum atomic E-state index is -0.253. The van der Waals surface area contributed by atoms with E-state index in [1.807, 2.05) is 24.3 Å². The molecule has 0 saturated carbocycles. The highest BCUT2D eigenvalue weighted by atomic mass is 19.1. The predicted molar refractivity (Wildman–Crippen MR) is 257 cm³/mol. The molecule has 292 valence electrons. The summed E-state index contributed by atoms with van der Waals surface area (Å²) in [5.41, 5.74) is 14.4. The van der Waals surface area contributed by atoms with E-state index in [9.17, 15) is 4.39 Å². The van der Waals surface area contributed by atoms with Crippen LogP contribution in [0.1, 0.15) is 0 Å². The third kappa shape index (κ3) is 5.88. The molecule has 0 unspecified atom stereocenters. The molecule has 0 bridgehead atoms. The van der Waals surface area contributed by atoms with E-state index < -0.39 is 0 Å². The Morgan fingerprint density at radius 3 is 1.71 bits per heavy atom. The van der Waals surface area contributed by atoms with E-state index in [1.165, 1.54) is 27.9 Å². The highest BCUT2D eigenvalue weighted by molar-refractivity contribution is 6.14. The normalized spacial score (nSPS) is 11.6. The zero-order chi connectivity index (χ0) is 41.1. The van der Waals surface area contributed by atoms with Crippen molar-refractivity contribution in [3.63, 3.8) is 0 Å². The number of halogens is 1. The van der Waals surface area contributed by atoms with Gasteiger partial charge in [0.1, 0.15) is 17.0 Å². The van der Waals surface area contributed by atoms with Crippen LogP contribution in [-0.4, -0.2) is 4.57 Å². The number of furan rings is 1. The molecular weight excluding hydrogens is 760 g/mol. The van der Waals surface area contributed by atoms with Crippen molar-refractivity contribution in [1.29, 1.82) is 0 Å². The third-order valence-corrected chi connectivity index (χ3v) is 12.2. The molecule has 12 rings (SSSR count). The lowest BCUT2D eigenvalue weighted by molar-refractivity contribution is 0.628. The minimum absolute atomic E-state index is 0.253. The molecular formula is C58H37FN2O. The number of anilines is 3. The van der Waals surface area contributed by atoms with Gasteiger partial charge >= 0.3 is 0 Å². The third-order valence-electron chi connectivity index (χ3n) is 12.2. The maximum absolute atomic E-state index is 14.7. The summed E-state index contributed by atoms with van der Waals surface area (Å²) in [6.45, 7) is 0. The molecule has 0 aliphatic rings. The maximum Gasteiger partial charge on any atom is 0.135 e. The van der Waals surface area contributed by atoms with Crippen LogP contribution in [0, 0.1) is 5.82 Å². The summed E-state index contributed by atoms with van der Waals surface area (Å²) in [6, 6.07) is 77.9. The SMILES string of the molecule is Fc1cccc(-c2cccc3cccc(-c4cccc(N(c5cccc(-c6cccc7c8ccccc8n(-c8ccccc8)c67)c5)c5ccc6oc7ccccc7c6c5)c4)c23)c1. The lowest BCUT2D eigenvalue weighted by atomic mass is 9.91. The molecule has 10 aromatic carbocycles. The first kappa shape index (κ1) is 35.7. The number of para-hydroxylation sites is 4. The fourth-order valence-electron chi connectivity index (χ4n) is 9.50. The first-order valence-electron chi connectivity index (χ1n) is 20.9. The summed E-state index contributed by atoms with van der Waals surface area (Å²) in [5, 5.41) is 6.74. The van der Waals surface area contributed by atoms with Gasteiger partial charge in [0.15, 0.2) is 0 Å². The molecule has 62 heavy (non-hydrogen) atoms. The molecule has 0 aliphatic heterocycles. The quantitative estimate of drug-likeness (QED) is 0.160. The van der Waals surface area contributed by atoms with Crippen LogP contribution < -0.4 is 4.90 Å². The van der Waals surface area contributed by atoms with Crippen LogP contribution in [0.15, 0.2) is 229 Å². The smallest absolute Gasteiger partial charge is 0.135 e. The van der Waals surface area contributed by atoms with E-state index in [2.05, 4.69) is 191 Å². The molecule has 0 fully saturated rings. The summed E-state index contributed by atoms with van der Waals surface area (Å²) in [6.07, 6.45) is 0. The highest BCUT2D eigenvalue weighted by Crippen LogP contribution is 2.44. The summed E-state index contributed by atoms with van der Waals surface area (Å²) in [5.74, 6) is -0.253. The summed E-state index contributed by atoms with van der Waals surface area (Å²) >= 11 is 0. The first-order valence-corrected chi connectivity index (χ1v) is 20.9. The van der Waals surface area contributed by atoms with Gasteiger partial charge in [-0.1, -0.05) is 146 Å². The Morgan fingerprint density at radius 1 is 0.387 bits per heavy atom. The number of fused-ring (bicyclic) bond motifs is 7. The molecule has 0 aliphatic carbocycles. The Kier molecular flexibility index (Phi) is 8.36. The van der Waals surface area contributed by atoms with Crippen LogP contribution in [0.5, 0.6) is 0 Å². The number of hydrogen-bond donors (Lipinski definition) is 0. The second-order valence-corrected chi connectivity index (χ2v) is 15.8. The van der Waals surface area contributed by atoms with E-state index in [-0.39, 0.29) is 5.82 Å². The molecule has 0 amide bonds. The molecule has 0 atom stereocenters. The Hall–Kier alpha value is -8.21. The van der Waals surface area contributed by atoms with E-state index in [0.717, 1.165) is 88.8 Å². The average Bonchev–Trinajstić information content (AvgIpc) is 3.87. The van der Waals surface area contributed by atoms with Crippen molar-refractivity contribution in [2.75, 3.05) is 4.90 Å².